The molecule has 10 heteroatoms. The molecule has 3 rings (SSSR count). The second-order valence-electron chi connectivity index (χ2n) is 6.00. The minimum Gasteiger partial charge on any atom is -0.475 e. The molecule has 1 atom stereocenters. The Morgan fingerprint density at radius 2 is 1.86 bits per heavy atom. The van der Waals surface area contributed by atoms with Gasteiger partial charge in [0.25, 0.3) is 10.0 Å². The minimum atomic E-state index is -4.00. The molecule has 1 heterocycles. The van der Waals surface area contributed by atoms with Gasteiger partial charge >= 0.3 is 12.1 Å². The topological polar surface area (TPSA) is 111 Å². The van der Waals surface area contributed by atoms with Gasteiger partial charge in [-0.3, -0.25) is 9.62 Å². The first-order chi connectivity index (χ1) is 13.9. The largest absolute Gasteiger partial charge is 0.475 e. The van der Waals surface area contributed by atoms with Crippen molar-refractivity contribution in [2.75, 3.05) is 29.9 Å². The molecule has 1 aliphatic rings. The number of benzene rings is 2. The molecule has 0 saturated carbocycles. The number of carbonyl (C=O) groups excluding carboxylic acids is 2. The van der Waals surface area contributed by atoms with E-state index in [4.69, 9.17) is 14.2 Å². The number of nitrogens with one attached hydrogen (secondary N) is 1. The van der Waals surface area contributed by atoms with Crippen LogP contribution in [-0.4, -0.2) is 46.8 Å². The third kappa shape index (κ3) is 4.27. The smallest absolute Gasteiger partial charge is 0.411 e. The molecule has 0 aromatic heterocycles. The summed E-state index contributed by atoms with van der Waals surface area (Å²) in [6.45, 7) is 1.67. The van der Waals surface area contributed by atoms with Crippen molar-refractivity contribution >= 4 is 33.5 Å². The van der Waals surface area contributed by atoms with Crippen molar-refractivity contribution in [2.45, 2.75) is 17.9 Å². The summed E-state index contributed by atoms with van der Waals surface area (Å²) in [6.07, 6.45) is -1.72. The second kappa shape index (κ2) is 8.39. The monoisotopic (exact) mass is 420 g/mol. The Hall–Kier alpha value is -3.27. The van der Waals surface area contributed by atoms with Crippen LogP contribution in [0.5, 0.6) is 5.75 Å². The van der Waals surface area contributed by atoms with Gasteiger partial charge in [0.2, 0.25) is 6.10 Å². The molecule has 0 spiro atoms. The number of anilines is 2. The van der Waals surface area contributed by atoms with Crippen molar-refractivity contribution in [1.82, 2.24) is 0 Å². The molecular weight excluding hydrogens is 400 g/mol. The summed E-state index contributed by atoms with van der Waals surface area (Å²) in [4.78, 5) is 23.4. The predicted molar refractivity (Wildman–Crippen MR) is 104 cm³/mol. The van der Waals surface area contributed by atoms with Gasteiger partial charge in [0.05, 0.1) is 30.8 Å². The number of fused-ring (bicyclic) bond motifs is 1. The molecule has 0 fully saturated rings. The van der Waals surface area contributed by atoms with Crippen molar-refractivity contribution in [3.05, 3.63) is 48.5 Å². The van der Waals surface area contributed by atoms with Gasteiger partial charge in [-0.05, 0) is 43.3 Å². The maximum absolute atomic E-state index is 13.2. The summed E-state index contributed by atoms with van der Waals surface area (Å²) in [7, 11) is -2.80. The van der Waals surface area contributed by atoms with E-state index in [1.165, 1.54) is 31.4 Å². The number of esters is 1. The lowest BCUT2D eigenvalue weighted by molar-refractivity contribution is -0.148. The highest BCUT2D eigenvalue weighted by Crippen LogP contribution is 2.37. The van der Waals surface area contributed by atoms with E-state index in [9.17, 15) is 18.0 Å². The van der Waals surface area contributed by atoms with E-state index in [2.05, 4.69) is 5.32 Å². The highest BCUT2D eigenvalue weighted by atomic mass is 32.2. The summed E-state index contributed by atoms with van der Waals surface area (Å²) in [5.74, 6) is -0.410. The average molecular weight is 420 g/mol. The van der Waals surface area contributed by atoms with Crippen LogP contribution in [0.25, 0.3) is 0 Å². The zero-order valence-corrected chi connectivity index (χ0v) is 16.6. The molecule has 1 N–H and O–H groups in total. The Kier molecular flexibility index (Phi) is 5.92. The number of nitrogens with zero attached hydrogens (tertiary/aromatic N) is 1. The number of hydrogen-bond donors (Lipinski definition) is 1. The number of para-hydroxylation sites is 2. The van der Waals surface area contributed by atoms with Gasteiger partial charge in [-0.15, -0.1) is 0 Å². The van der Waals surface area contributed by atoms with Crippen molar-refractivity contribution in [3.8, 4) is 5.75 Å². The van der Waals surface area contributed by atoms with Gasteiger partial charge in [0.15, 0.2) is 0 Å². The normalized spacial score (nSPS) is 15.7. The lowest BCUT2D eigenvalue weighted by Crippen LogP contribution is -2.47. The molecule has 0 radical (unpaired) electrons. The SMILES string of the molecule is CCOC(=O)Nc1ccc(S(=O)(=O)N2CC(C(=O)OC)Oc3ccccc32)cc1. The van der Waals surface area contributed by atoms with Crippen molar-refractivity contribution in [3.63, 3.8) is 0 Å². The molecule has 1 amide bonds. The van der Waals surface area contributed by atoms with Crippen molar-refractivity contribution < 1.29 is 32.2 Å². The van der Waals surface area contributed by atoms with Crippen LogP contribution in [-0.2, 0) is 24.3 Å². The third-order valence-corrected chi connectivity index (χ3v) is 5.96. The Morgan fingerprint density at radius 1 is 1.17 bits per heavy atom. The molecule has 0 aliphatic carbocycles. The van der Waals surface area contributed by atoms with Crippen LogP contribution in [0.3, 0.4) is 0 Å². The van der Waals surface area contributed by atoms with E-state index >= 15 is 0 Å². The summed E-state index contributed by atoms with van der Waals surface area (Å²) in [5.41, 5.74) is 0.707. The molecule has 9 nitrogen and oxygen atoms in total. The first-order valence-corrected chi connectivity index (χ1v) is 10.2. The van der Waals surface area contributed by atoms with Crippen LogP contribution < -0.4 is 14.4 Å². The first kappa shape index (κ1) is 20.5. The highest BCUT2D eigenvalue weighted by Gasteiger charge is 2.37. The lowest BCUT2D eigenvalue weighted by atomic mass is 10.2. The standard InChI is InChI=1S/C19H20N2O7S/c1-3-27-19(23)20-13-8-10-14(11-9-13)29(24,25)21-12-17(18(22)26-2)28-16-7-5-4-6-15(16)21/h4-11,17H,3,12H2,1-2H3,(H,20,23). The van der Waals surface area contributed by atoms with Gasteiger partial charge in [-0.1, -0.05) is 12.1 Å². The minimum absolute atomic E-state index is 0.00720. The van der Waals surface area contributed by atoms with Crippen LogP contribution >= 0.6 is 0 Å². The molecule has 29 heavy (non-hydrogen) atoms. The first-order valence-electron chi connectivity index (χ1n) is 8.77. The Bertz CT molecular complexity index is 1010. The Labute approximate surface area is 168 Å². The molecule has 154 valence electrons. The van der Waals surface area contributed by atoms with Gasteiger partial charge in [0.1, 0.15) is 5.75 Å². The zero-order chi connectivity index (χ0) is 21.0. The van der Waals surface area contributed by atoms with E-state index in [-0.39, 0.29) is 23.8 Å². The molecule has 0 saturated heterocycles. The van der Waals surface area contributed by atoms with Crippen LogP contribution in [0, 0.1) is 0 Å². The maximum atomic E-state index is 13.2. The summed E-state index contributed by atoms with van der Waals surface area (Å²) in [5, 5.41) is 2.50. The number of carbonyl (C=O) groups is 2. The molecule has 1 unspecified atom stereocenters. The number of hydrogen-bond acceptors (Lipinski definition) is 7. The molecule has 2 aromatic rings. The van der Waals surface area contributed by atoms with E-state index in [0.717, 1.165) is 4.31 Å². The number of methoxy groups -OCH3 is 1. The number of ether oxygens (including phenoxy) is 3. The van der Waals surface area contributed by atoms with Crippen LogP contribution in [0.4, 0.5) is 16.2 Å². The molecule has 2 aromatic carbocycles. The van der Waals surface area contributed by atoms with Gasteiger partial charge in [-0.25, -0.2) is 18.0 Å². The zero-order valence-electron chi connectivity index (χ0n) is 15.8. The van der Waals surface area contributed by atoms with Crippen LogP contribution in [0.15, 0.2) is 53.4 Å². The van der Waals surface area contributed by atoms with Crippen molar-refractivity contribution in [2.24, 2.45) is 0 Å². The number of amides is 1. The van der Waals surface area contributed by atoms with E-state index in [1.54, 1.807) is 31.2 Å². The van der Waals surface area contributed by atoms with E-state index in [0.29, 0.717) is 11.4 Å². The Balaban J connectivity index is 1.91. The lowest BCUT2D eigenvalue weighted by Gasteiger charge is -2.34. The average Bonchev–Trinajstić information content (AvgIpc) is 2.72. The maximum Gasteiger partial charge on any atom is 0.411 e. The number of sulfonamides is 1. The van der Waals surface area contributed by atoms with Gasteiger partial charge in [0, 0.05) is 5.69 Å². The van der Waals surface area contributed by atoms with E-state index < -0.39 is 28.2 Å². The highest BCUT2D eigenvalue weighted by molar-refractivity contribution is 7.92. The fraction of sp³-hybridized carbons (Fsp3) is 0.263. The van der Waals surface area contributed by atoms with Gasteiger partial charge < -0.3 is 14.2 Å². The molecular formula is C19H20N2O7S. The summed E-state index contributed by atoms with van der Waals surface area (Å²) >= 11 is 0. The quantitative estimate of drug-likeness (QED) is 0.739. The van der Waals surface area contributed by atoms with Gasteiger partial charge in [-0.2, -0.15) is 0 Å². The fourth-order valence-electron chi connectivity index (χ4n) is 2.81. The van der Waals surface area contributed by atoms with Crippen LogP contribution in [0.2, 0.25) is 0 Å². The Morgan fingerprint density at radius 3 is 2.52 bits per heavy atom. The fourth-order valence-corrected chi connectivity index (χ4v) is 4.28. The summed E-state index contributed by atoms with van der Waals surface area (Å²) in [6, 6.07) is 12.2. The second-order valence-corrected chi connectivity index (χ2v) is 7.87. The third-order valence-electron chi connectivity index (χ3n) is 4.16. The van der Waals surface area contributed by atoms with Crippen molar-refractivity contribution in [1.29, 1.82) is 0 Å². The predicted octanol–water partition coefficient (Wildman–Crippen LogP) is 2.38. The number of rotatable bonds is 5. The molecule has 0 bridgehead atoms. The van der Waals surface area contributed by atoms with Crippen LogP contribution in [0.1, 0.15) is 6.92 Å². The van der Waals surface area contributed by atoms with E-state index in [1.807, 2.05) is 0 Å². The molecule has 1 aliphatic heterocycles. The summed E-state index contributed by atoms with van der Waals surface area (Å²) < 4.78 is 42.7.